The molecule has 2 amide bonds. The van der Waals surface area contributed by atoms with E-state index in [2.05, 4.69) is 5.32 Å². The number of methoxy groups -OCH3 is 1. The number of anilines is 1. The zero-order chi connectivity index (χ0) is 27.0. The number of amides is 2. The molecule has 0 spiro atoms. The minimum atomic E-state index is -4.14. The van der Waals surface area contributed by atoms with E-state index >= 15 is 0 Å². The summed E-state index contributed by atoms with van der Waals surface area (Å²) in [5, 5.41) is 3.03. The summed E-state index contributed by atoms with van der Waals surface area (Å²) >= 11 is 6.36. The van der Waals surface area contributed by atoms with Gasteiger partial charge in [0.1, 0.15) is 18.3 Å². The second-order valence-electron chi connectivity index (χ2n) is 8.18. The molecular weight excluding hydrogens is 514 g/mol. The van der Waals surface area contributed by atoms with E-state index in [1.165, 1.54) is 31.2 Å². The molecule has 0 aliphatic heterocycles. The number of hydrogen-bond donors (Lipinski definition) is 1. The molecule has 0 aromatic heterocycles. The number of carbonyl (C=O) groups is 2. The van der Waals surface area contributed by atoms with Crippen molar-refractivity contribution >= 4 is 39.1 Å². The van der Waals surface area contributed by atoms with Gasteiger partial charge in [-0.15, -0.1) is 0 Å². The number of nitrogens with zero attached hydrogens (tertiary/aromatic N) is 2. The van der Waals surface area contributed by atoms with Gasteiger partial charge in [0.2, 0.25) is 11.8 Å². The highest BCUT2D eigenvalue weighted by atomic mass is 35.5. The monoisotopic (exact) mass is 543 g/mol. The first-order valence-electron chi connectivity index (χ1n) is 11.7. The van der Waals surface area contributed by atoms with Crippen LogP contribution in [0, 0.1) is 0 Å². The first kappa shape index (κ1) is 28.0. The molecule has 0 radical (unpaired) electrons. The molecule has 1 N–H and O–H groups in total. The van der Waals surface area contributed by atoms with E-state index in [1.54, 1.807) is 73.7 Å². The van der Waals surface area contributed by atoms with Crippen LogP contribution >= 0.6 is 11.6 Å². The summed E-state index contributed by atoms with van der Waals surface area (Å²) in [5.41, 5.74) is 0.890. The Labute approximate surface area is 222 Å². The van der Waals surface area contributed by atoms with Gasteiger partial charge in [-0.2, -0.15) is 0 Å². The number of carbonyl (C=O) groups excluding carboxylic acids is 2. The number of rotatable bonds is 11. The van der Waals surface area contributed by atoms with Crippen molar-refractivity contribution < 1.29 is 22.7 Å². The Morgan fingerprint density at radius 1 is 1.00 bits per heavy atom. The Balaban J connectivity index is 2.08. The average Bonchev–Trinajstić information content (AvgIpc) is 2.92. The molecule has 0 unspecified atom stereocenters. The van der Waals surface area contributed by atoms with Crippen molar-refractivity contribution in [3.05, 3.63) is 89.4 Å². The Bertz CT molecular complexity index is 1330. The average molecular weight is 544 g/mol. The SMILES string of the molecule is CC[C@@H](C(=O)NC)N(Cc1ccccc1Cl)C(=O)CN(c1cccc(OC)c1)S(=O)(=O)c1ccccc1. The van der Waals surface area contributed by atoms with Gasteiger partial charge in [0.05, 0.1) is 17.7 Å². The number of likely N-dealkylation sites (N-methyl/N-ethyl adjacent to an activating group) is 1. The summed E-state index contributed by atoms with van der Waals surface area (Å²) in [6.07, 6.45) is 0.320. The normalized spacial score (nSPS) is 11.9. The molecular formula is C27H30ClN3O5S. The molecule has 1 atom stereocenters. The molecule has 0 heterocycles. The van der Waals surface area contributed by atoms with Gasteiger partial charge in [0, 0.05) is 24.7 Å². The fourth-order valence-electron chi connectivity index (χ4n) is 3.91. The van der Waals surface area contributed by atoms with E-state index in [1.807, 2.05) is 0 Å². The van der Waals surface area contributed by atoms with E-state index in [0.717, 1.165) is 4.31 Å². The van der Waals surface area contributed by atoms with Crippen LogP contribution in [0.3, 0.4) is 0 Å². The van der Waals surface area contributed by atoms with Crippen LogP contribution in [-0.2, 0) is 26.2 Å². The Morgan fingerprint density at radius 3 is 2.30 bits per heavy atom. The van der Waals surface area contributed by atoms with Crippen LogP contribution in [0.25, 0.3) is 0 Å². The van der Waals surface area contributed by atoms with Crippen molar-refractivity contribution in [1.29, 1.82) is 0 Å². The van der Waals surface area contributed by atoms with Gasteiger partial charge < -0.3 is 15.0 Å². The summed E-state index contributed by atoms with van der Waals surface area (Å²) in [6.45, 7) is 1.28. The second-order valence-corrected chi connectivity index (χ2v) is 10.4. The maximum absolute atomic E-state index is 13.9. The lowest BCUT2D eigenvalue weighted by molar-refractivity contribution is -0.140. The summed E-state index contributed by atoms with van der Waals surface area (Å²) < 4.78 is 33.8. The van der Waals surface area contributed by atoms with E-state index in [0.29, 0.717) is 22.8 Å². The fraction of sp³-hybridized carbons (Fsp3) is 0.259. The number of halogens is 1. The number of ether oxygens (including phenoxy) is 1. The van der Waals surface area contributed by atoms with Crippen LogP contribution in [0.2, 0.25) is 5.02 Å². The van der Waals surface area contributed by atoms with Crippen molar-refractivity contribution in [3.8, 4) is 5.75 Å². The van der Waals surface area contributed by atoms with Crippen molar-refractivity contribution in [2.24, 2.45) is 0 Å². The van der Waals surface area contributed by atoms with Crippen LogP contribution < -0.4 is 14.4 Å². The van der Waals surface area contributed by atoms with Gasteiger partial charge in [-0.25, -0.2) is 8.42 Å². The molecule has 196 valence electrons. The third-order valence-electron chi connectivity index (χ3n) is 5.88. The molecule has 0 saturated carbocycles. The van der Waals surface area contributed by atoms with Crippen molar-refractivity contribution in [3.63, 3.8) is 0 Å². The van der Waals surface area contributed by atoms with Crippen molar-refractivity contribution in [1.82, 2.24) is 10.2 Å². The molecule has 37 heavy (non-hydrogen) atoms. The molecule has 3 aromatic rings. The van der Waals surface area contributed by atoms with Crippen LogP contribution in [0.1, 0.15) is 18.9 Å². The quantitative estimate of drug-likeness (QED) is 0.393. The van der Waals surface area contributed by atoms with Gasteiger partial charge in [-0.1, -0.05) is 61.0 Å². The second kappa shape index (κ2) is 12.6. The predicted molar refractivity (Wildman–Crippen MR) is 144 cm³/mol. The summed E-state index contributed by atoms with van der Waals surface area (Å²) in [6, 6.07) is 20.5. The maximum atomic E-state index is 13.9. The molecule has 0 fully saturated rings. The van der Waals surface area contributed by atoms with E-state index in [9.17, 15) is 18.0 Å². The number of benzene rings is 3. The third kappa shape index (κ3) is 6.61. The molecule has 10 heteroatoms. The molecule has 0 bridgehead atoms. The fourth-order valence-corrected chi connectivity index (χ4v) is 5.53. The Hall–Kier alpha value is -3.56. The van der Waals surface area contributed by atoms with Crippen LogP contribution in [0.4, 0.5) is 5.69 Å². The molecule has 0 saturated heterocycles. The largest absolute Gasteiger partial charge is 0.497 e. The lowest BCUT2D eigenvalue weighted by Gasteiger charge is -2.33. The highest BCUT2D eigenvalue weighted by molar-refractivity contribution is 7.92. The van der Waals surface area contributed by atoms with Crippen molar-refractivity contribution in [2.45, 2.75) is 30.8 Å². The van der Waals surface area contributed by atoms with Crippen LogP contribution in [0.15, 0.2) is 83.8 Å². The van der Waals surface area contributed by atoms with Crippen LogP contribution in [0.5, 0.6) is 5.75 Å². The molecule has 3 aromatic carbocycles. The van der Waals surface area contributed by atoms with Gasteiger partial charge in [0.15, 0.2) is 0 Å². The molecule has 0 aliphatic carbocycles. The molecule has 0 aliphatic rings. The Kier molecular flexibility index (Phi) is 9.54. The first-order chi connectivity index (χ1) is 17.7. The zero-order valence-corrected chi connectivity index (χ0v) is 22.5. The molecule has 3 rings (SSSR count). The lowest BCUT2D eigenvalue weighted by Crippen LogP contribution is -2.51. The number of hydrogen-bond acceptors (Lipinski definition) is 5. The topological polar surface area (TPSA) is 96.0 Å². The van der Waals surface area contributed by atoms with Gasteiger partial charge in [0.25, 0.3) is 10.0 Å². The standard InChI is InChI=1S/C27H30ClN3O5S/c1-4-25(27(33)29-2)30(18-20-11-8-9-16-24(20)28)26(32)19-31(21-12-10-13-22(17-21)36-3)37(34,35)23-14-6-5-7-15-23/h5-17,25H,4,18-19H2,1-3H3,(H,29,33)/t25-/m0/s1. The summed E-state index contributed by atoms with van der Waals surface area (Å²) in [7, 11) is -1.18. The van der Waals surface area contributed by atoms with E-state index in [4.69, 9.17) is 16.3 Å². The zero-order valence-electron chi connectivity index (χ0n) is 20.9. The number of sulfonamides is 1. The van der Waals surface area contributed by atoms with Gasteiger partial charge in [-0.3, -0.25) is 13.9 Å². The number of nitrogens with one attached hydrogen (secondary N) is 1. The summed E-state index contributed by atoms with van der Waals surface area (Å²) in [4.78, 5) is 28.0. The minimum Gasteiger partial charge on any atom is -0.497 e. The minimum absolute atomic E-state index is 0.0293. The van der Waals surface area contributed by atoms with E-state index in [-0.39, 0.29) is 23.0 Å². The van der Waals surface area contributed by atoms with Gasteiger partial charge >= 0.3 is 0 Å². The lowest BCUT2D eigenvalue weighted by atomic mass is 10.1. The Morgan fingerprint density at radius 2 is 1.68 bits per heavy atom. The highest BCUT2D eigenvalue weighted by Gasteiger charge is 2.33. The predicted octanol–water partition coefficient (Wildman–Crippen LogP) is 4.10. The van der Waals surface area contributed by atoms with Crippen molar-refractivity contribution in [2.75, 3.05) is 25.0 Å². The first-order valence-corrected chi connectivity index (χ1v) is 13.5. The molecule has 8 nitrogen and oxygen atoms in total. The summed E-state index contributed by atoms with van der Waals surface area (Å²) in [5.74, 6) is -0.484. The third-order valence-corrected chi connectivity index (χ3v) is 8.04. The van der Waals surface area contributed by atoms with Crippen LogP contribution in [-0.4, -0.2) is 51.9 Å². The van der Waals surface area contributed by atoms with Gasteiger partial charge in [-0.05, 0) is 42.3 Å². The highest BCUT2D eigenvalue weighted by Crippen LogP contribution is 2.28. The maximum Gasteiger partial charge on any atom is 0.264 e. The van der Waals surface area contributed by atoms with E-state index < -0.39 is 28.5 Å². The smallest absolute Gasteiger partial charge is 0.264 e.